The maximum Gasteiger partial charge on any atom is 0.338 e. The molecule has 1 atom stereocenters. The standard InChI is InChI=1S/C31H26I2N2O5S/c1-4-39-30(37)26-18(2)34-31-35(27(26)21-11-8-12-22(16-21)38-3)29(36)25(41-31)15-20-13-23(32)28(24(33)14-20)40-17-19-9-6-5-7-10-19/h5-16,27H,4,17H2,1-3H3/b25-15-. The minimum absolute atomic E-state index is 0.215. The number of carbonyl (C=O) groups excluding carboxylic acids is 1. The summed E-state index contributed by atoms with van der Waals surface area (Å²) in [4.78, 5) is 32.2. The highest BCUT2D eigenvalue weighted by atomic mass is 127. The number of carbonyl (C=O) groups is 1. The van der Waals surface area contributed by atoms with E-state index >= 15 is 0 Å². The molecule has 2 heterocycles. The van der Waals surface area contributed by atoms with E-state index in [4.69, 9.17) is 14.2 Å². The molecule has 0 bridgehead atoms. The number of aromatic nitrogens is 1. The van der Waals surface area contributed by atoms with Crippen LogP contribution in [0.3, 0.4) is 0 Å². The van der Waals surface area contributed by atoms with Crippen molar-refractivity contribution in [3.05, 3.63) is 122 Å². The van der Waals surface area contributed by atoms with Crippen LogP contribution >= 0.6 is 56.5 Å². The molecular weight excluding hydrogens is 766 g/mol. The fraction of sp³-hybridized carbons (Fsp3) is 0.194. The van der Waals surface area contributed by atoms with Crippen molar-refractivity contribution in [2.24, 2.45) is 4.99 Å². The Bertz CT molecular complexity index is 1810. The SMILES string of the molecule is CCOC(=O)C1=C(C)N=c2s/c(=C\c3cc(I)c(OCc4ccccc4)c(I)c3)c(=O)n2C1c1cccc(OC)c1. The van der Waals surface area contributed by atoms with Gasteiger partial charge in [-0.25, -0.2) is 9.79 Å². The molecule has 0 N–H and O–H groups in total. The first kappa shape index (κ1) is 29.5. The van der Waals surface area contributed by atoms with Crippen LogP contribution in [0.15, 0.2) is 87.8 Å². The number of hydrogen-bond donors (Lipinski definition) is 0. The molecular formula is C31H26I2N2O5S. The van der Waals surface area contributed by atoms with Crippen molar-refractivity contribution in [1.82, 2.24) is 4.57 Å². The van der Waals surface area contributed by atoms with Crippen molar-refractivity contribution in [2.45, 2.75) is 26.5 Å². The van der Waals surface area contributed by atoms with Gasteiger partial charge in [0, 0.05) is 0 Å². The number of methoxy groups -OCH3 is 1. The topological polar surface area (TPSA) is 79.1 Å². The Balaban J connectivity index is 1.58. The third kappa shape index (κ3) is 6.28. The lowest BCUT2D eigenvalue weighted by Crippen LogP contribution is -2.39. The first-order chi connectivity index (χ1) is 19.8. The number of rotatable bonds is 8. The van der Waals surface area contributed by atoms with Crippen LogP contribution in [0, 0.1) is 7.14 Å². The molecule has 1 aliphatic heterocycles. The van der Waals surface area contributed by atoms with Crippen LogP contribution in [0.1, 0.15) is 36.6 Å². The van der Waals surface area contributed by atoms with Crippen LogP contribution in [0.2, 0.25) is 0 Å². The summed E-state index contributed by atoms with van der Waals surface area (Å²) in [6.07, 6.45) is 1.86. The molecule has 0 amide bonds. The van der Waals surface area contributed by atoms with Gasteiger partial charge in [-0.05, 0) is 106 Å². The number of esters is 1. The maximum absolute atomic E-state index is 13.9. The lowest BCUT2D eigenvalue weighted by molar-refractivity contribution is -0.139. The second-order valence-corrected chi connectivity index (χ2v) is 12.5. The monoisotopic (exact) mass is 792 g/mol. The van der Waals surface area contributed by atoms with Crippen LogP contribution in [-0.4, -0.2) is 24.3 Å². The van der Waals surface area contributed by atoms with E-state index in [2.05, 4.69) is 50.2 Å². The molecule has 5 rings (SSSR count). The van der Waals surface area contributed by atoms with Crippen molar-refractivity contribution in [1.29, 1.82) is 0 Å². The second kappa shape index (κ2) is 12.9. The molecule has 0 radical (unpaired) electrons. The highest BCUT2D eigenvalue weighted by Crippen LogP contribution is 2.33. The Morgan fingerprint density at radius 3 is 2.49 bits per heavy atom. The fourth-order valence-electron chi connectivity index (χ4n) is 4.60. The summed E-state index contributed by atoms with van der Waals surface area (Å²) in [5, 5.41) is 0. The lowest BCUT2D eigenvalue weighted by atomic mass is 9.95. The van der Waals surface area contributed by atoms with E-state index in [9.17, 15) is 9.59 Å². The molecule has 0 spiro atoms. The summed E-state index contributed by atoms with van der Waals surface area (Å²) < 4.78 is 20.9. The van der Waals surface area contributed by atoms with Gasteiger partial charge in [-0.2, -0.15) is 0 Å². The van der Waals surface area contributed by atoms with E-state index in [1.807, 2.05) is 72.8 Å². The molecule has 10 heteroatoms. The first-order valence-electron chi connectivity index (χ1n) is 12.8. The zero-order chi connectivity index (χ0) is 29.1. The molecule has 1 unspecified atom stereocenters. The van der Waals surface area contributed by atoms with Gasteiger partial charge in [-0.15, -0.1) is 0 Å². The van der Waals surface area contributed by atoms with E-state index in [0.29, 0.717) is 33.0 Å². The number of fused-ring (bicyclic) bond motifs is 1. The average Bonchev–Trinajstić information content (AvgIpc) is 3.26. The van der Waals surface area contributed by atoms with Crippen LogP contribution < -0.4 is 24.4 Å². The van der Waals surface area contributed by atoms with Gasteiger partial charge in [0.05, 0.1) is 42.7 Å². The van der Waals surface area contributed by atoms with Crippen LogP contribution in [0.5, 0.6) is 11.5 Å². The van der Waals surface area contributed by atoms with Gasteiger partial charge < -0.3 is 14.2 Å². The lowest BCUT2D eigenvalue weighted by Gasteiger charge is -2.25. The minimum atomic E-state index is -0.698. The molecule has 0 aliphatic carbocycles. The zero-order valence-corrected chi connectivity index (χ0v) is 27.7. The van der Waals surface area contributed by atoms with E-state index < -0.39 is 12.0 Å². The maximum atomic E-state index is 13.9. The number of halogens is 2. The Hall–Kier alpha value is -2.97. The third-order valence-corrected chi connectivity index (χ3v) is 9.06. The highest BCUT2D eigenvalue weighted by molar-refractivity contribution is 14.1. The normalized spacial score (nSPS) is 14.9. The quantitative estimate of drug-likeness (QED) is 0.172. The van der Waals surface area contributed by atoms with Gasteiger partial charge in [0.2, 0.25) is 0 Å². The Kier molecular flexibility index (Phi) is 9.29. The molecule has 4 aromatic rings. The van der Waals surface area contributed by atoms with Gasteiger partial charge in [0.25, 0.3) is 5.56 Å². The third-order valence-electron chi connectivity index (χ3n) is 6.47. The number of ether oxygens (including phenoxy) is 3. The summed E-state index contributed by atoms with van der Waals surface area (Å²) in [7, 11) is 1.58. The molecule has 1 aliphatic rings. The van der Waals surface area contributed by atoms with E-state index in [1.165, 1.54) is 11.3 Å². The predicted molar refractivity (Wildman–Crippen MR) is 176 cm³/mol. The highest BCUT2D eigenvalue weighted by Gasteiger charge is 2.33. The van der Waals surface area contributed by atoms with E-state index in [0.717, 1.165) is 29.6 Å². The Morgan fingerprint density at radius 2 is 1.80 bits per heavy atom. The van der Waals surface area contributed by atoms with Crippen LogP contribution in [-0.2, 0) is 16.1 Å². The van der Waals surface area contributed by atoms with Crippen molar-refractivity contribution in [2.75, 3.05) is 13.7 Å². The van der Waals surface area contributed by atoms with Gasteiger partial charge in [-0.1, -0.05) is 53.8 Å². The number of nitrogens with zero attached hydrogens (tertiary/aromatic N) is 2. The summed E-state index contributed by atoms with van der Waals surface area (Å²) in [5.41, 5.74) is 3.32. The Labute approximate surface area is 268 Å². The minimum Gasteiger partial charge on any atom is -0.497 e. The molecule has 3 aromatic carbocycles. The van der Waals surface area contributed by atoms with Crippen LogP contribution in [0.25, 0.3) is 6.08 Å². The van der Waals surface area contributed by atoms with E-state index in [-0.39, 0.29) is 12.2 Å². The number of allylic oxidation sites excluding steroid dienone is 1. The molecule has 1 aromatic heterocycles. The number of thiazole rings is 1. The fourth-order valence-corrected chi connectivity index (χ4v) is 7.77. The summed E-state index contributed by atoms with van der Waals surface area (Å²) in [5.74, 6) is 0.939. The molecule has 0 fully saturated rings. The first-order valence-corrected chi connectivity index (χ1v) is 15.8. The van der Waals surface area contributed by atoms with Gasteiger partial charge in [0.15, 0.2) is 4.80 Å². The van der Waals surface area contributed by atoms with Crippen molar-refractivity contribution < 1.29 is 19.0 Å². The van der Waals surface area contributed by atoms with Crippen molar-refractivity contribution >= 4 is 68.6 Å². The molecule has 0 saturated carbocycles. The van der Waals surface area contributed by atoms with Crippen molar-refractivity contribution in [3.8, 4) is 11.5 Å². The largest absolute Gasteiger partial charge is 0.497 e. The molecule has 210 valence electrons. The smallest absolute Gasteiger partial charge is 0.338 e. The van der Waals surface area contributed by atoms with Gasteiger partial charge in [0.1, 0.15) is 18.1 Å². The number of benzene rings is 3. The van der Waals surface area contributed by atoms with Crippen molar-refractivity contribution in [3.63, 3.8) is 0 Å². The predicted octanol–water partition coefficient (Wildman–Crippen LogP) is 5.60. The van der Waals surface area contributed by atoms with Gasteiger partial charge >= 0.3 is 5.97 Å². The van der Waals surface area contributed by atoms with Gasteiger partial charge in [-0.3, -0.25) is 9.36 Å². The summed E-state index contributed by atoms with van der Waals surface area (Å²) in [6.45, 7) is 4.21. The van der Waals surface area contributed by atoms with E-state index in [1.54, 1.807) is 25.5 Å². The molecule has 7 nitrogen and oxygen atoms in total. The second-order valence-electron chi connectivity index (χ2n) is 9.17. The molecule has 0 saturated heterocycles. The Morgan fingerprint density at radius 1 is 1.07 bits per heavy atom. The molecule has 41 heavy (non-hydrogen) atoms. The van der Waals surface area contributed by atoms with Crippen LogP contribution in [0.4, 0.5) is 0 Å². The average molecular weight is 792 g/mol. The summed E-state index contributed by atoms with van der Waals surface area (Å²) >= 11 is 5.82. The zero-order valence-electron chi connectivity index (χ0n) is 22.5. The number of hydrogen-bond acceptors (Lipinski definition) is 7. The summed E-state index contributed by atoms with van der Waals surface area (Å²) in [6, 6.07) is 20.7.